The largest absolute Gasteiger partial charge is 0.497 e. The number of methoxy groups -OCH3 is 2. The van der Waals surface area contributed by atoms with Crippen molar-refractivity contribution in [2.75, 3.05) is 27.4 Å². The van der Waals surface area contributed by atoms with Crippen LogP contribution in [0.4, 0.5) is 0 Å². The van der Waals surface area contributed by atoms with Crippen LogP contribution in [0.2, 0.25) is 0 Å². The molecule has 4 nitrogen and oxygen atoms in total. The van der Waals surface area contributed by atoms with Gasteiger partial charge in [-0.3, -0.25) is 0 Å². The van der Waals surface area contributed by atoms with Crippen LogP contribution in [-0.2, 0) is 11.3 Å². The molecular formula is C16H25NO3. The lowest BCUT2D eigenvalue weighted by Gasteiger charge is -2.12. The first-order valence-corrected chi connectivity index (χ1v) is 7.36. The van der Waals surface area contributed by atoms with Crippen LogP contribution in [0, 0.1) is 0 Å². The molecule has 1 aromatic carbocycles. The second-order valence-electron chi connectivity index (χ2n) is 5.17. The molecule has 1 aliphatic rings. The minimum atomic E-state index is 0.494. The summed E-state index contributed by atoms with van der Waals surface area (Å²) in [6, 6.07) is 5.92. The van der Waals surface area contributed by atoms with Gasteiger partial charge in [0.1, 0.15) is 11.5 Å². The van der Waals surface area contributed by atoms with E-state index >= 15 is 0 Å². The molecular weight excluding hydrogens is 254 g/mol. The number of hydrogen-bond donors (Lipinski definition) is 1. The second-order valence-corrected chi connectivity index (χ2v) is 5.17. The molecule has 112 valence electrons. The van der Waals surface area contributed by atoms with Gasteiger partial charge in [-0.05, 0) is 30.5 Å². The normalized spacial score (nSPS) is 15.5. The molecule has 0 spiro atoms. The molecule has 1 saturated carbocycles. The fourth-order valence-corrected chi connectivity index (χ4v) is 2.55. The van der Waals surface area contributed by atoms with Crippen LogP contribution in [0.3, 0.4) is 0 Å². The van der Waals surface area contributed by atoms with Gasteiger partial charge in [0.25, 0.3) is 0 Å². The van der Waals surface area contributed by atoms with Crippen molar-refractivity contribution < 1.29 is 14.2 Å². The third kappa shape index (κ3) is 4.69. The highest BCUT2D eigenvalue weighted by molar-refractivity contribution is 5.38. The Morgan fingerprint density at radius 1 is 1.05 bits per heavy atom. The minimum Gasteiger partial charge on any atom is -0.497 e. The van der Waals surface area contributed by atoms with Crippen LogP contribution in [0.5, 0.6) is 11.5 Å². The first kappa shape index (κ1) is 15.1. The highest BCUT2D eigenvalue weighted by atomic mass is 16.5. The summed E-state index contributed by atoms with van der Waals surface area (Å²) >= 11 is 0. The molecule has 0 bridgehead atoms. The van der Waals surface area contributed by atoms with Crippen LogP contribution >= 0.6 is 0 Å². The third-order valence-corrected chi connectivity index (χ3v) is 3.67. The van der Waals surface area contributed by atoms with Gasteiger partial charge in [0, 0.05) is 19.2 Å². The summed E-state index contributed by atoms with van der Waals surface area (Å²) in [5, 5.41) is 3.39. The topological polar surface area (TPSA) is 39.7 Å². The van der Waals surface area contributed by atoms with Gasteiger partial charge in [-0.25, -0.2) is 0 Å². The summed E-state index contributed by atoms with van der Waals surface area (Å²) in [4.78, 5) is 0. The van der Waals surface area contributed by atoms with E-state index in [9.17, 15) is 0 Å². The van der Waals surface area contributed by atoms with Gasteiger partial charge in [0.05, 0.1) is 26.9 Å². The fourth-order valence-electron chi connectivity index (χ4n) is 2.55. The molecule has 0 amide bonds. The molecule has 0 aliphatic heterocycles. The average molecular weight is 279 g/mol. The Morgan fingerprint density at radius 2 is 1.70 bits per heavy atom. The van der Waals surface area contributed by atoms with E-state index in [2.05, 4.69) is 5.32 Å². The van der Waals surface area contributed by atoms with Gasteiger partial charge in [-0.15, -0.1) is 0 Å². The Labute approximate surface area is 121 Å². The van der Waals surface area contributed by atoms with Gasteiger partial charge in [0.2, 0.25) is 0 Å². The molecule has 0 atom stereocenters. The summed E-state index contributed by atoms with van der Waals surface area (Å²) < 4.78 is 16.3. The number of rotatable bonds is 8. The smallest absolute Gasteiger partial charge is 0.122 e. The van der Waals surface area contributed by atoms with Crippen LogP contribution in [0.15, 0.2) is 18.2 Å². The molecule has 0 aromatic heterocycles. The van der Waals surface area contributed by atoms with Crippen LogP contribution in [-0.4, -0.2) is 33.5 Å². The summed E-state index contributed by atoms with van der Waals surface area (Å²) in [5.74, 6) is 1.65. The van der Waals surface area contributed by atoms with Gasteiger partial charge >= 0.3 is 0 Å². The third-order valence-electron chi connectivity index (χ3n) is 3.67. The van der Waals surface area contributed by atoms with E-state index in [0.717, 1.165) is 36.8 Å². The standard InChI is InChI=1S/C16H25NO3/c1-18-15-9-13(10-16(11-15)19-2)12-17-7-8-20-14-5-3-4-6-14/h9-11,14,17H,3-8,12H2,1-2H3. The van der Waals surface area contributed by atoms with Crippen molar-refractivity contribution in [3.05, 3.63) is 23.8 Å². The first-order valence-electron chi connectivity index (χ1n) is 7.36. The lowest BCUT2D eigenvalue weighted by Crippen LogP contribution is -2.21. The fraction of sp³-hybridized carbons (Fsp3) is 0.625. The van der Waals surface area contributed by atoms with Gasteiger partial charge in [-0.1, -0.05) is 12.8 Å². The number of ether oxygens (including phenoxy) is 3. The van der Waals surface area contributed by atoms with E-state index in [-0.39, 0.29) is 0 Å². The molecule has 0 saturated heterocycles. The zero-order valence-corrected chi connectivity index (χ0v) is 12.5. The lowest BCUT2D eigenvalue weighted by atomic mass is 10.2. The van der Waals surface area contributed by atoms with Crippen molar-refractivity contribution in [1.29, 1.82) is 0 Å². The maximum atomic E-state index is 5.82. The summed E-state index contributed by atoms with van der Waals surface area (Å²) in [7, 11) is 3.34. The van der Waals surface area contributed by atoms with Crippen molar-refractivity contribution in [3.63, 3.8) is 0 Å². The van der Waals surface area contributed by atoms with Crippen LogP contribution in [0.25, 0.3) is 0 Å². The molecule has 0 unspecified atom stereocenters. The summed E-state index contributed by atoms with van der Waals surface area (Å²) in [5.41, 5.74) is 1.15. The monoisotopic (exact) mass is 279 g/mol. The molecule has 0 radical (unpaired) electrons. The lowest BCUT2D eigenvalue weighted by molar-refractivity contribution is 0.0602. The first-order chi connectivity index (χ1) is 9.81. The Balaban J connectivity index is 1.70. The molecule has 20 heavy (non-hydrogen) atoms. The SMILES string of the molecule is COc1cc(CNCCOC2CCCC2)cc(OC)c1. The highest BCUT2D eigenvalue weighted by Crippen LogP contribution is 2.22. The predicted octanol–water partition coefficient (Wildman–Crippen LogP) is 2.75. The van der Waals surface area contributed by atoms with Crippen molar-refractivity contribution in [2.45, 2.75) is 38.3 Å². The number of nitrogens with one attached hydrogen (secondary N) is 1. The zero-order valence-electron chi connectivity index (χ0n) is 12.5. The average Bonchev–Trinajstić information content (AvgIpc) is 2.99. The van der Waals surface area contributed by atoms with Gasteiger partial charge in [0.15, 0.2) is 0 Å². The van der Waals surface area contributed by atoms with Crippen molar-refractivity contribution in [2.24, 2.45) is 0 Å². The van der Waals surface area contributed by atoms with E-state index in [1.807, 2.05) is 18.2 Å². The molecule has 0 heterocycles. The maximum absolute atomic E-state index is 5.82. The van der Waals surface area contributed by atoms with Crippen molar-refractivity contribution in [1.82, 2.24) is 5.32 Å². The molecule has 1 aliphatic carbocycles. The van der Waals surface area contributed by atoms with Crippen LogP contribution < -0.4 is 14.8 Å². The highest BCUT2D eigenvalue weighted by Gasteiger charge is 2.14. The minimum absolute atomic E-state index is 0.494. The van der Waals surface area contributed by atoms with E-state index in [1.54, 1.807) is 14.2 Å². The summed E-state index contributed by atoms with van der Waals surface area (Å²) in [6.45, 7) is 2.45. The Hall–Kier alpha value is -1.26. The van der Waals surface area contributed by atoms with E-state index in [0.29, 0.717) is 6.10 Å². The Kier molecular flexibility index (Phi) is 6.15. The second kappa shape index (κ2) is 8.12. The van der Waals surface area contributed by atoms with E-state index in [4.69, 9.17) is 14.2 Å². The molecule has 4 heteroatoms. The Bertz CT molecular complexity index is 380. The number of hydrogen-bond acceptors (Lipinski definition) is 4. The predicted molar refractivity (Wildman–Crippen MR) is 79.5 cm³/mol. The van der Waals surface area contributed by atoms with E-state index < -0.39 is 0 Å². The molecule has 1 fully saturated rings. The van der Waals surface area contributed by atoms with E-state index in [1.165, 1.54) is 25.7 Å². The van der Waals surface area contributed by atoms with Gasteiger partial charge < -0.3 is 19.5 Å². The quantitative estimate of drug-likeness (QED) is 0.743. The molecule has 1 N–H and O–H groups in total. The Morgan fingerprint density at radius 3 is 2.30 bits per heavy atom. The van der Waals surface area contributed by atoms with Crippen molar-refractivity contribution in [3.8, 4) is 11.5 Å². The van der Waals surface area contributed by atoms with Crippen molar-refractivity contribution >= 4 is 0 Å². The van der Waals surface area contributed by atoms with Gasteiger partial charge in [-0.2, -0.15) is 0 Å². The summed E-state index contributed by atoms with van der Waals surface area (Å²) in [6.07, 6.45) is 5.59. The van der Waals surface area contributed by atoms with Crippen LogP contribution in [0.1, 0.15) is 31.2 Å². The maximum Gasteiger partial charge on any atom is 0.122 e. The zero-order chi connectivity index (χ0) is 14.2. The molecule has 2 rings (SSSR count). The number of benzene rings is 1. The molecule has 1 aromatic rings.